The van der Waals surface area contributed by atoms with E-state index in [-0.39, 0.29) is 12.1 Å². The van der Waals surface area contributed by atoms with Gasteiger partial charge in [-0.3, -0.25) is 9.69 Å². The van der Waals surface area contributed by atoms with Gasteiger partial charge in [0, 0.05) is 19.0 Å². The molecule has 2 saturated heterocycles. The fourth-order valence-corrected chi connectivity index (χ4v) is 6.18. The molecule has 0 saturated carbocycles. The van der Waals surface area contributed by atoms with Crippen molar-refractivity contribution in [3.8, 4) is 23.0 Å². The first-order chi connectivity index (χ1) is 20.5. The molecule has 0 aliphatic carbocycles. The summed E-state index contributed by atoms with van der Waals surface area (Å²) in [7, 11) is 1.60. The maximum absolute atomic E-state index is 14.0. The Hall–Kier alpha value is -3.55. The van der Waals surface area contributed by atoms with Crippen molar-refractivity contribution in [2.24, 2.45) is 5.92 Å². The third-order valence-electron chi connectivity index (χ3n) is 8.71. The van der Waals surface area contributed by atoms with Crippen molar-refractivity contribution in [1.29, 1.82) is 0 Å². The number of ether oxygens (including phenoxy) is 5. The largest absolute Gasteiger partial charge is 0.497 e. The maximum Gasteiger partial charge on any atom is 0.199 e. The quantitative estimate of drug-likeness (QED) is 0.280. The van der Waals surface area contributed by atoms with Gasteiger partial charge in [-0.15, -0.1) is 0 Å². The topological polar surface area (TPSA) is 66.5 Å². The number of nitrogens with zero attached hydrogens (tertiary/aromatic N) is 1. The third kappa shape index (κ3) is 6.27. The van der Waals surface area contributed by atoms with Crippen LogP contribution in [-0.2, 0) is 4.74 Å². The number of benzene rings is 3. The molecular weight excluding hydrogens is 530 g/mol. The SMILES string of the molecule is COc1ccc2c(c1)C(=O)C(c1ccc(OC3CCCCO3)cc1)C(c1ccc(OCC(C)N3CCC(C)C3)cc1)O2. The highest BCUT2D eigenvalue weighted by Gasteiger charge is 2.39. The van der Waals surface area contributed by atoms with Crippen LogP contribution in [0.2, 0.25) is 0 Å². The highest BCUT2D eigenvalue weighted by atomic mass is 16.7. The van der Waals surface area contributed by atoms with Crippen LogP contribution in [0.4, 0.5) is 0 Å². The number of methoxy groups -OCH3 is 1. The summed E-state index contributed by atoms with van der Waals surface area (Å²) < 4.78 is 29.9. The molecule has 6 rings (SSSR count). The van der Waals surface area contributed by atoms with Crippen molar-refractivity contribution < 1.29 is 28.5 Å². The second-order valence-corrected chi connectivity index (χ2v) is 11.8. The van der Waals surface area contributed by atoms with E-state index in [2.05, 4.69) is 18.7 Å². The molecule has 42 heavy (non-hydrogen) atoms. The summed E-state index contributed by atoms with van der Waals surface area (Å²) in [6, 6.07) is 21.5. The third-order valence-corrected chi connectivity index (χ3v) is 8.71. The Balaban J connectivity index is 1.22. The molecule has 3 aliphatic heterocycles. The molecule has 0 radical (unpaired) electrons. The summed E-state index contributed by atoms with van der Waals surface area (Å²) >= 11 is 0. The standard InChI is InChI=1S/C35H41NO6/c1-23-17-18-36(21-23)24(2)22-40-27-11-9-26(10-12-27)35-33(34(37)30-20-29(38-3)15-16-31(30)42-35)25-7-13-28(14-8-25)41-32-6-4-5-19-39-32/h7-16,20,23-24,32-33,35H,4-6,17-19,21-22H2,1-3H3. The summed E-state index contributed by atoms with van der Waals surface area (Å²) in [5, 5.41) is 0. The lowest BCUT2D eigenvalue weighted by Crippen LogP contribution is -2.35. The highest BCUT2D eigenvalue weighted by Crippen LogP contribution is 2.45. The Morgan fingerprint density at radius 3 is 2.36 bits per heavy atom. The van der Waals surface area contributed by atoms with E-state index in [1.54, 1.807) is 13.2 Å². The maximum atomic E-state index is 14.0. The van der Waals surface area contributed by atoms with Gasteiger partial charge in [0.05, 0.1) is 25.2 Å². The number of rotatable bonds is 9. The van der Waals surface area contributed by atoms with Gasteiger partial charge in [0.2, 0.25) is 0 Å². The minimum absolute atomic E-state index is 0.00146. The molecule has 5 unspecified atom stereocenters. The number of hydrogen-bond donors (Lipinski definition) is 0. The Morgan fingerprint density at radius 2 is 1.67 bits per heavy atom. The van der Waals surface area contributed by atoms with Gasteiger partial charge < -0.3 is 23.7 Å². The van der Waals surface area contributed by atoms with Gasteiger partial charge in [-0.25, -0.2) is 0 Å². The molecule has 3 aromatic carbocycles. The summed E-state index contributed by atoms with van der Waals surface area (Å²) in [4.78, 5) is 16.5. The van der Waals surface area contributed by atoms with E-state index in [1.807, 2.05) is 60.7 Å². The van der Waals surface area contributed by atoms with Crippen LogP contribution in [0.5, 0.6) is 23.0 Å². The van der Waals surface area contributed by atoms with Gasteiger partial charge >= 0.3 is 0 Å². The van der Waals surface area contributed by atoms with Crippen LogP contribution in [0.15, 0.2) is 66.7 Å². The second-order valence-electron chi connectivity index (χ2n) is 11.8. The number of carbonyl (C=O) groups is 1. The van der Waals surface area contributed by atoms with Crippen LogP contribution in [-0.4, -0.2) is 56.4 Å². The minimum Gasteiger partial charge on any atom is -0.497 e. The average Bonchev–Trinajstić information content (AvgIpc) is 3.47. The molecule has 0 N–H and O–H groups in total. The lowest BCUT2D eigenvalue weighted by atomic mass is 9.81. The van der Waals surface area contributed by atoms with E-state index in [9.17, 15) is 4.79 Å². The fraction of sp³-hybridized carbons (Fsp3) is 0.457. The zero-order valence-electron chi connectivity index (χ0n) is 24.8. The number of carbonyl (C=O) groups excluding carboxylic acids is 1. The van der Waals surface area contributed by atoms with Crippen LogP contribution in [0.3, 0.4) is 0 Å². The van der Waals surface area contributed by atoms with E-state index in [1.165, 1.54) is 6.42 Å². The minimum atomic E-state index is -0.534. The molecule has 3 aliphatic rings. The molecule has 7 heteroatoms. The van der Waals surface area contributed by atoms with Crippen LogP contribution in [0.1, 0.15) is 73.0 Å². The lowest BCUT2D eigenvalue weighted by molar-refractivity contribution is -0.105. The summed E-state index contributed by atoms with van der Waals surface area (Å²) in [6.45, 7) is 8.16. The van der Waals surface area contributed by atoms with Crippen molar-refractivity contribution in [2.75, 3.05) is 33.4 Å². The number of likely N-dealkylation sites (tertiary alicyclic amines) is 1. The zero-order valence-corrected chi connectivity index (χ0v) is 24.8. The molecule has 5 atom stereocenters. The molecular formula is C35H41NO6. The van der Waals surface area contributed by atoms with Crippen molar-refractivity contribution >= 4 is 5.78 Å². The lowest BCUT2D eigenvalue weighted by Gasteiger charge is -2.33. The fourth-order valence-electron chi connectivity index (χ4n) is 6.18. The van der Waals surface area contributed by atoms with Gasteiger partial charge in [-0.1, -0.05) is 31.2 Å². The molecule has 7 nitrogen and oxygen atoms in total. The van der Waals surface area contributed by atoms with Crippen molar-refractivity contribution in [3.63, 3.8) is 0 Å². The molecule has 222 valence electrons. The summed E-state index contributed by atoms with van der Waals surface area (Å²) in [5.74, 6) is 2.94. The van der Waals surface area contributed by atoms with Crippen LogP contribution < -0.4 is 18.9 Å². The van der Waals surface area contributed by atoms with E-state index >= 15 is 0 Å². The zero-order chi connectivity index (χ0) is 29.1. The number of fused-ring (bicyclic) bond motifs is 1. The molecule has 0 spiro atoms. The van der Waals surface area contributed by atoms with Crippen LogP contribution in [0.25, 0.3) is 0 Å². The second kappa shape index (κ2) is 12.8. The molecule has 3 aromatic rings. The Morgan fingerprint density at radius 1 is 0.929 bits per heavy atom. The predicted octanol–water partition coefficient (Wildman–Crippen LogP) is 6.81. The number of ketones is 1. The van der Waals surface area contributed by atoms with Gasteiger partial charge in [-0.2, -0.15) is 0 Å². The van der Waals surface area contributed by atoms with Crippen molar-refractivity contribution in [2.45, 2.75) is 63.9 Å². The van der Waals surface area contributed by atoms with Crippen molar-refractivity contribution in [3.05, 3.63) is 83.4 Å². The Labute approximate surface area is 248 Å². The normalized spacial score (nSPS) is 24.9. The number of hydrogen-bond acceptors (Lipinski definition) is 7. The van der Waals surface area contributed by atoms with E-state index in [0.29, 0.717) is 29.7 Å². The first kappa shape index (κ1) is 28.6. The van der Waals surface area contributed by atoms with Gasteiger partial charge in [0.15, 0.2) is 12.1 Å². The Kier molecular flexibility index (Phi) is 8.68. The van der Waals surface area contributed by atoms with E-state index < -0.39 is 12.0 Å². The first-order valence-electron chi connectivity index (χ1n) is 15.2. The van der Waals surface area contributed by atoms with Crippen LogP contribution >= 0.6 is 0 Å². The average molecular weight is 572 g/mol. The molecule has 0 amide bonds. The summed E-state index contributed by atoms with van der Waals surface area (Å²) in [6.07, 6.45) is 3.58. The molecule has 3 heterocycles. The highest BCUT2D eigenvalue weighted by molar-refractivity contribution is 6.05. The molecule has 2 fully saturated rings. The van der Waals surface area contributed by atoms with Gasteiger partial charge in [0.1, 0.15) is 35.7 Å². The smallest absolute Gasteiger partial charge is 0.199 e. The van der Waals surface area contributed by atoms with Crippen molar-refractivity contribution in [1.82, 2.24) is 4.90 Å². The monoisotopic (exact) mass is 571 g/mol. The first-order valence-corrected chi connectivity index (χ1v) is 15.2. The van der Waals surface area contributed by atoms with E-state index in [4.69, 9.17) is 23.7 Å². The van der Waals surface area contributed by atoms with Gasteiger partial charge in [0.25, 0.3) is 0 Å². The van der Waals surface area contributed by atoms with Gasteiger partial charge in [-0.05, 0) is 92.2 Å². The van der Waals surface area contributed by atoms with E-state index in [0.717, 1.165) is 67.5 Å². The predicted molar refractivity (Wildman–Crippen MR) is 161 cm³/mol. The molecule has 0 bridgehead atoms. The number of Topliss-reactive ketones (excluding diaryl/α,β-unsaturated/α-hetero) is 1. The molecule has 0 aromatic heterocycles. The Bertz CT molecular complexity index is 1350. The summed E-state index contributed by atoms with van der Waals surface area (Å²) in [5.41, 5.74) is 2.31. The van der Waals surface area contributed by atoms with Crippen LogP contribution in [0, 0.1) is 5.92 Å².